The third kappa shape index (κ3) is 2.12. The van der Waals surface area contributed by atoms with Crippen molar-refractivity contribution < 1.29 is 0 Å². The van der Waals surface area contributed by atoms with Crippen LogP contribution in [0.2, 0.25) is 0 Å². The molecule has 78 valence electrons. The van der Waals surface area contributed by atoms with Gasteiger partial charge in [-0.3, -0.25) is 4.99 Å². The Morgan fingerprint density at radius 2 is 2.07 bits per heavy atom. The molecule has 0 radical (unpaired) electrons. The summed E-state index contributed by atoms with van der Waals surface area (Å²) in [7, 11) is 0. The van der Waals surface area contributed by atoms with E-state index in [1.807, 2.05) is 11.8 Å². The number of nitrogens with one attached hydrogen (secondary N) is 1. The molecule has 0 spiro atoms. The number of hydrogen-bond acceptors (Lipinski definition) is 5. The van der Waals surface area contributed by atoms with E-state index in [1.54, 1.807) is 12.4 Å². The van der Waals surface area contributed by atoms with Crippen LogP contribution in [0.1, 0.15) is 12.8 Å². The molecule has 1 N–H and O–H groups in total. The first-order valence-electron chi connectivity index (χ1n) is 5.15. The molecule has 2 heterocycles. The molecular formula is C10H12N4S. The Kier molecular flexibility index (Phi) is 2.32. The number of hydrogen-bond donors (Lipinski definition) is 1. The fraction of sp³-hybridized carbons (Fsp3) is 0.500. The molecule has 1 saturated carbocycles. The lowest BCUT2D eigenvalue weighted by molar-refractivity contribution is 0.773. The monoisotopic (exact) mass is 220 g/mol. The first kappa shape index (κ1) is 9.15. The van der Waals surface area contributed by atoms with E-state index in [0.29, 0.717) is 5.25 Å². The van der Waals surface area contributed by atoms with Crippen LogP contribution in [0.3, 0.4) is 0 Å². The average Bonchev–Trinajstić information content (AvgIpc) is 3.02. The van der Waals surface area contributed by atoms with Crippen LogP contribution in [0.15, 0.2) is 23.7 Å². The largest absolute Gasteiger partial charge is 0.332 e. The van der Waals surface area contributed by atoms with Crippen molar-refractivity contribution >= 4 is 22.6 Å². The maximum absolute atomic E-state index is 4.49. The summed E-state index contributed by atoms with van der Waals surface area (Å²) >= 11 is 1.86. The Morgan fingerprint density at radius 3 is 2.80 bits per heavy atom. The topological polar surface area (TPSA) is 50.2 Å². The molecule has 0 amide bonds. The summed E-state index contributed by atoms with van der Waals surface area (Å²) in [6.07, 6.45) is 7.83. The molecule has 2 aliphatic rings. The molecule has 0 bridgehead atoms. The number of aliphatic imine (C=N–C) groups is 1. The minimum Gasteiger partial charge on any atom is -0.332 e. The van der Waals surface area contributed by atoms with Crippen molar-refractivity contribution in [2.75, 3.05) is 11.9 Å². The fourth-order valence-corrected chi connectivity index (χ4v) is 2.89. The first-order valence-corrected chi connectivity index (χ1v) is 6.03. The number of thioether (sulfide) groups is 1. The number of amidine groups is 1. The molecule has 1 atom stereocenters. The van der Waals surface area contributed by atoms with Gasteiger partial charge in [-0.1, -0.05) is 11.8 Å². The Bertz CT molecular complexity index is 374. The normalized spacial score (nSPS) is 25.1. The van der Waals surface area contributed by atoms with E-state index in [0.717, 1.165) is 23.3 Å². The van der Waals surface area contributed by atoms with Gasteiger partial charge in [0.25, 0.3) is 0 Å². The molecular weight excluding hydrogens is 208 g/mol. The molecule has 5 heteroatoms. The highest BCUT2D eigenvalue weighted by atomic mass is 32.2. The van der Waals surface area contributed by atoms with Gasteiger partial charge in [0.2, 0.25) is 0 Å². The smallest absolute Gasteiger partial charge is 0.161 e. The second-order valence-electron chi connectivity index (χ2n) is 3.89. The van der Waals surface area contributed by atoms with Gasteiger partial charge in [0.1, 0.15) is 6.33 Å². The van der Waals surface area contributed by atoms with Crippen molar-refractivity contribution in [3.05, 3.63) is 18.7 Å². The number of nitrogens with zero attached hydrogens (tertiary/aromatic N) is 3. The maximum Gasteiger partial charge on any atom is 0.161 e. The Balaban J connectivity index is 1.60. The summed E-state index contributed by atoms with van der Waals surface area (Å²) in [5.74, 6) is 0.907. The molecule has 1 aromatic heterocycles. The summed E-state index contributed by atoms with van der Waals surface area (Å²) in [6.45, 7) is 0.964. The molecule has 0 aromatic carbocycles. The molecule has 4 nitrogen and oxygen atoms in total. The summed E-state index contributed by atoms with van der Waals surface area (Å²) in [5, 5.41) is 4.96. The van der Waals surface area contributed by atoms with Gasteiger partial charge in [-0.15, -0.1) is 0 Å². The Morgan fingerprint density at radius 1 is 1.27 bits per heavy atom. The van der Waals surface area contributed by atoms with Crippen molar-refractivity contribution in [3.8, 4) is 0 Å². The van der Waals surface area contributed by atoms with Gasteiger partial charge in [0.05, 0.1) is 24.6 Å². The molecule has 0 saturated heterocycles. The van der Waals surface area contributed by atoms with E-state index in [1.165, 1.54) is 19.2 Å². The predicted octanol–water partition coefficient (Wildman–Crippen LogP) is 1.77. The molecule has 1 aliphatic carbocycles. The summed E-state index contributed by atoms with van der Waals surface area (Å²) in [4.78, 5) is 12.4. The van der Waals surface area contributed by atoms with E-state index in [-0.39, 0.29) is 0 Å². The standard InChI is InChI=1S/C10H12N4S/c1-2-7(1)9-5-13-10(15-9)14-8-3-11-6-12-4-8/h3-4,6-7,9H,1-2,5H2,(H,13,14). The van der Waals surface area contributed by atoms with Crippen LogP contribution in [0.4, 0.5) is 5.69 Å². The van der Waals surface area contributed by atoms with Gasteiger partial charge in [-0.25, -0.2) is 9.97 Å². The van der Waals surface area contributed by atoms with E-state index in [2.05, 4.69) is 20.3 Å². The second-order valence-corrected chi connectivity index (χ2v) is 5.12. The van der Waals surface area contributed by atoms with E-state index in [4.69, 9.17) is 0 Å². The van der Waals surface area contributed by atoms with Crippen LogP contribution >= 0.6 is 11.8 Å². The molecule has 3 rings (SSSR count). The summed E-state index contributed by atoms with van der Waals surface area (Å²) < 4.78 is 0. The number of aromatic nitrogens is 2. The minimum absolute atomic E-state index is 0.706. The lowest BCUT2D eigenvalue weighted by atomic mass is 10.3. The number of anilines is 1. The fourth-order valence-electron chi connectivity index (χ4n) is 1.66. The van der Waals surface area contributed by atoms with Gasteiger partial charge in [0.15, 0.2) is 5.17 Å². The third-order valence-corrected chi connectivity index (χ3v) is 3.93. The lowest BCUT2D eigenvalue weighted by Crippen LogP contribution is -2.09. The molecule has 1 fully saturated rings. The van der Waals surface area contributed by atoms with Crippen LogP contribution in [0, 0.1) is 5.92 Å². The van der Waals surface area contributed by atoms with Gasteiger partial charge < -0.3 is 5.32 Å². The van der Waals surface area contributed by atoms with Crippen LogP contribution in [0.25, 0.3) is 0 Å². The van der Waals surface area contributed by atoms with E-state index in [9.17, 15) is 0 Å². The van der Waals surface area contributed by atoms with Crippen LogP contribution < -0.4 is 5.32 Å². The Labute approximate surface area is 92.6 Å². The zero-order valence-corrected chi connectivity index (χ0v) is 9.07. The highest BCUT2D eigenvalue weighted by Gasteiger charge is 2.35. The third-order valence-electron chi connectivity index (χ3n) is 2.64. The van der Waals surface area contributed by atoms with Crippen LogP contribution in [-0.4, -0.2) is 26.9 Å². The van der Waals surface area contributed by atoms with E-state index >= 15 is 0 Å². The van der Waals surface area contributed by atoms with Crippen molar-refractivity contribution in [1.29, 1.82) is 0 Å². The highest BCUT2D eigenvalue weighted by Crippen LogP contribution is 2.41. The number of rotatable bonds is 2. The molecule has 1 unspecified atom stereocenters. The zero-order valence-electron chi connectivity index (χ0n) is 8.26. The van der Waals surface area contributed by atoms with Crippen molar-refractivity contribution in [2.45, 2.75) is 18.1 Å². The van der Waals surface area contributed by atoms with Gasteiger partial charge >= 0.3 is 0 Å². The van der Waals surface area contributed by atoms with Crippen molar-refractivity contribution in [1.82, 2.24) is 9.97 Å². The minimum atomic E-state index is 0.706. The Hall–Kier alpha value is -1.10. The molecule has 15 heavy (non-hydrogen) atoms. The lowest BCUT2D eigenvalue weighted by Gasteiger charge is -2.06. The highest BCUT2D eigenvalue weighted by molar-refractivity contribution is 8.15. The summed E-state index contributed by atoms with van der Waals surface area (Å²) in [6, 6.07) is 0. The van der Waals surface area contributed by atoms with Crippen molar-refractivity contribution in [2.24, 2.45) is 10.9 Å². The van der Waals surface area contributed by atoms with Gasteiger partial charge in [-0.05, 0) is 18.8 Å². The molecule has 1 aromatic rings. The zero-order chi connectivity index (χ0) is 10.1. The van der Waals surface area contributed by atoms with Gasteiger partial charge in [-0.2, -0.15) is 0 Å². The average molecular weight is 220 g/mol. The molecule has 1 aliphatic heterocycles. The second kappa shape index (κ2) is 3.81. The van der Waals surface area contributed by atoms with Crippen LogP contribution in [-0.2, 0) is 0 Å². The van der Waals surface area contributed by atoms with Crippen molar-refractivity contribution in [3.63, 3.8) is 0 Å². The summed E-state index contributed by atoms with van der Waals surface area (Å²) in [5.41, 5.74) is 0.917. The first-order chi connectivity index (χ1) is 7.42. The quantitative estimate of drug-likeness (QED) is 0.825. The SMILES string of the molecule is c1ncc(NC2=NCC(C3CC3)S2)cn1. The maximum atomic E-state index is 4.49. The van der Waals surface area contributed by atoms with Crippen LogP contribution in [0.5, 0.6) is 0 Å². The predicted molar refractivity (Wildman–Crippen MR) is 62.1 cm³/mol. The van der Waals surface area contributed by atoms with E-state index < -0.39 is 0 Å². The van der Waals surface area contributed by atoms with Gasteiger partial charge in [0, 0.05) is 5.25 Å².